The number of rotatable bonds is 3. The molecule has 0 atom stereocenters. The lowest BCUT2D eigenvalue weighted by molar-refractivity contribution is 0.102. The predicted molar refractivity (Wildman–Crippen MR) is 94.8 cm³/mol. The van der Waals surface area contributed by atoms with E-state index in [2.05, 4.69) is 26.3 Å². The molecule has 0 spiro atoms. The SMILES string of the molecule is N#Cc1cnn(-c2ccc(C(=O)Nc3ccc(Br)cc3)cc2)c1N. The minimum atomic E-state index is -0.213. The van der Waals surface area contributed by atoms with Crippen LogP contribution in [0.4, 0.5) is 11.5 Å². The van der Waals surface area contributed by atoms with Crippen LogP contribution in [-0.2, 0) is 0 Å². The predicted octanol–water partition coefficient (Wildman–Crippen LogP) is 3.34. The number of hydrogen-bond donors (Lipinski definition) is 2. The summed E-state index contributed by atoms with van der Waals surface area (Å²) in [5.74, 6) is 0.0552. The van der Waals surface area contributed by atoms with Crippen LogP contribution in [0.1, 0.15) is 15.9 Å². The number of anilines is 2. The second kappa shape index (κ2) is 6.56. The van der Waals surface area contributed by atoms with Crippen molar-refractivity contribution in [2.75, 3.05) is 11.1 Å². The number of amides is 1. The zero-order valence-electron chi connectivity index (χ0n) is 12.4. The summed E-state index contributed by atoms with van der Waals surface area (Å²) in [6, 6.07) is 16.1. The van der Waals surface area contributed by atoms with Crippen LogP contribution >= 0.6 is 15.9 Å². The Balaban J connectivity index is 1.78. The van der Waals surface area contributed by atoms with Crippen molar-refractivity contribution in [1.82, 2.24) is 9.78 Å². The van der Waals surface area contributed by atoms with Crippen molar-refractivity contribution in [2.24, 2.45) is 0 Å². The number of nitrogen functional groups attached to an aromatic ring is 1. The van der Waals surface area contributed by atoms with Gasteiger partial charge in [0, 0.05) is 15.7 Å². The lowest BCUT2D eigenvalue weighted by atomic mass is 10.2. The summed E-state index contributed by atoms with van der Waals surface area (Å²) in [4.78, 5) is 12.3. The van der Waals surface area contributed by atoms with Crippen LogP contribution in [0, 0.1) is 11.3 Å². The highest BCUT2D eigenvalue weighted by Crippen LogP contribution is 2.18. The third-order valence-electron chi connectivity index (χ3n) is 3.40. The molecule has 0 bridgehead atoms. The molecular weight excluding hydrogens is 370 g/mol. The van der Waals surface area contributed by atoms with Crippen molar-refractivity contribution in [3.63, 3.8) is 0 Å². The van der Waals surface area contributed by atoms with E-state index in [9.17, 15) is 4.79 Å². The average molecular weight is 382 g/mol. The zero-order valence-corrected chi connectivity index (χ0v) is 14.0. The Labute approximate surface area is 146 Å². The first kappa shape index (κ1) is 15.8. The van der Waals surface area contributed by atoms with Gasteiger partial charge in [0.1, 0.15) is 17.5 Å². The Morgan fingerprint density at radius 2 is 1.83 bits per heavy atom. The summed E-state index contributed by atoms with van der Waals surface area (Å²) in [5.41, 5.74) is 8.06. The molecule has 24 heavy (non-hydrogen) atoms. The van der Waals surface area contributed by atoms with Crippen molar-refractivity contribution >= 4 is 33.3 Å². The molecule has 0 aliphatic heterocycles. The highest BCUT2D eigenvalue weighted by molar-refractivity contribution is 9.10. The number of carbonyl (C=O) groups excluding carboxylic acids is 1. The zero-order chi connectivity index (χ0) is 17.1. The number of nitrogens with zero attached hydrogens (tertiary/aromatic N) is 3. The molecule has 0 radical (unpaired) electrons. The highest BCUT2D eigenvalue weighted by atomic mass is 79.9. The van der Waals surface area contributed by atoms with Crippen LogP contribution in [0.25, 0.3) is 5.69 Å². The van der Waals surface area contributed by atoms with Gasteiger partial charge in [-0.3, -0.25) is 4.79 Å². The number of nitrogens with one attached hydrogen (secondary N) is 1. The smallest absolute Gasteiger partial charge is 0.255 e. The molecule has 6 nitrogen and oxygen atoms in total. The minimum absolute atomic E-state index is 0.213. The molecule has 1 amide bonds. The molecule has 118 valence electrons. The molecule has 0 unspecified atom stereocenters. The third-order valence-corrected chi connectivity index (χ3v) is 3.93. The van der Waals surface area contributed by atoms with Crippen molar-refractivity contribution in [3.05, 3.63) is 70.3 Å². The summed E-state index contributed by atoms with van der Waals surface area (Å²) in [7, 11) is 0. The fraction of sp³-hybridized carbons (Fsp3) is 0. The Hall–Kier alpha value is -3.11. The van der Waals surface area contributed by atoms with E-state index in [0.717, 1.165) is 4.47 Å². The molecule has 3 rings (SSSR count). The monoisotopic (exact) mass is 381 g/mol. The molecule has 1 aromatic heterocycles. The normalized spacial score (nSPS) is 10.2. The lowest BCUT2D eigenvalue weighted by Crippen LogP contribution is -2.12. The van der Waals surface area contributed by atoms with Crippen LogP contribution in [0.15, 0.2) is 59.2 Å². The van der Waals surface area contributed by atoms with Gasteiger partial charge in [0.2, 0.25) is 0 Å². The Morgan fingerprint density at radius 1 is 1.17 bits per heavy atom. The van der Waals surface area contributed by atoms with E-state index in [1.165, 1.54) is 10.9 Å². The number of nitrogens with two attached hydrogens (primary N) is 1. The van der Waals surface area contributed by atoms with Crippen LogP contribution in [0.3, 0.4) is 0 Å². The minimum Gasteiger partial charge on any atom is -0.382 e. The van der Waals surface area contributed by atoms with E-state index in [0.29, 0.717) is 22.5 Å². The standard InChI is InChI=1S/C17H12BrN5O/c18-13-3-5-14(6-4-13)22-17(24)11-1-7-15(8-2-11)23-16(20)12(9-19)10-21-23/h1-8,10H,20H2,(H,22,24). The second-order valence-corrected chi connectivity index (χ2v) is 5.89. The average Bonchev–Trinajstić information content (AvgIpc) is 2.97. The van der Waals surface area contributed by atoms with E-state index in [1.54, 1.807) is 24.3 Å². The van der Waals surface area contributed by atoms with Crippen LogP contribution in [0.2, 0.25) is 0 Å². The summed E-state index contributed by atoms with van der Waals surface area (Å²) < 4.78 is 2.40. The number of hydrogen-bond acceptors (Lipinski definition) is 4. The first-order valence-electron chi connectivity index (χ1n) is 6.99. The number of carbonyl (C=O) groups is 1. The molecule has 7 heteroatoms. The molecule has 0 fully saturated rings. The molecular formula is C17H12BrN5O. The van der Waals surface area contributed by atoms with E-state index in [-0.39, 0.29) is 11.7 Å². The van der Waals surface area contributed by atoms with Gasteiger partial charge in [0.05, 0.1) is 11.9 Å². The van der Waals surface area contributed by atoms with Gasteiger partial charge in [0.15, 0.2) is 0 Å². The summed E-state index contributed by atoms with van der Waals surface area (Å²) >= 11 is 3.35. The van der Waals surface area contributed by atoms with Crippen molar-refractivity contribution < 1.29 is 4.79 Å². The molecule has 2 aromatic carbocycles. The summed E-state index contributed by atoms with van der Waals surface area (Å²) in [5, 5.41) is 15.8. The van der Waals surface area contributed by atoms with Gasteiger partial charge >= 0.3 is 0 Å². The summed E-state index contributed by atoms with van der Waals surface area (Å²) in [6.07, 6.45) is 1.41. The molecule has 0 aliphatic rings. The largest absolute Gasteiger partial charge is 0.382 e. The molecule has 0 saturated heterocycles. The number of aromatic nitrogens is 2. The van der Waals surface area contributed by atoms with E-state index in [1.807, 2.05) is 30.3 Å². The van der Waals surface area contributed by atoms with Gasteiger partial charge in [-0.25, -0.2) is 4.68 Å². The van der Waals surface area contributed by atoms with Crippen LogP contribution in [0.5, 0.6) is 0 Å². The lowest BCUT2D eigenvalue weighted by Gasteiger charge is -2.07. The maximum atomic E-state index is 12.3. The van der Waals surface area contributed by atoms with E-state index in [4.69, 9.17) is 11.0 Å². The maximum Gasteiger partial charge on any atom is 0.255 e. The molecule has 3 N–H and O–H groups in total. The molecule has 3 aromatic rings. The fourth-order valence-electron chi connectivity index (χ4n) is 2.14. The van der Waals surface area contributed by atoms with Gasteiger partial charge < -0.3 is 11.1 Å². The van der Waals surface area contributed by atoms with Crippen LogP contribution in [-0.4, -0.2) is 15.7 Å². The van der Waals surface area contributed by atoms with Crippen molar-refractivity contribution in [2.45, 2.75) is 0 Å². The number of benzene rings is 2. The molecule has 1 heterocycles. The Kier molecular flexibility index (Phi) is 4.31. The van der Waals surface area contributed by atoms with E-state index >= 15 is 0 Å². The van der Waals surface area contributed by atoms with Gasteiger partial charge in [0.25, 0.3) is 5.91 Å². The first-order valence-corrected chi connectivity index (χ1v) is 7.79. The van der Waals surface area contributed by atoms with Gasteiger partial charge in [-0.2, -0.15) is 10.4 Å². The van der Waals surface area contributed by atoms with Crippen LogP contribution < -0.4 is 11.1 Å². The maximum absolute atomic E-state index is 12.3. The Morgan fingerprint density at radius 3 is 2.42 bits per heavy atom. The first-order chi connectivity index (χ1) is 11.6. The van der Waals surface area contributed by atoms with Gasteiger partial charge in [-0.15, -0.1) is 0 Å². The highest BCUT2D eigenvalue weighted by Gasteiger charge is 2.10. The molecule has 0 aliphatic carbocycles. The summed E-state index contributed by atoms with van der Waals surface area (Å²) in [6.45, 7) is 0. The number of nitriles is 1. The second-order valence-electron chi connectivity index (χ2n) is 4.97. The molecule has 0 saturated carbocycles. The quantitative estimate of drug-likeness (QED) is 0.726. The Bertz CT molecular complexity index is 923. The number of halogens is 1. The topological polar surface area (TPSA) is 96.7 Å². The van der Waals surface area contributed by atoms with Gasteiger partial charge in [-0.1, -0.05) is 15.9 Å². The third kappa shape index (κ3) is 3.14. The fourth-order valence-corrected chi connectivity index (χ4v) is 2.40. The van der Waals surface area contributed by atoms with Crippen molar-refractivity contribution in [3.8, 4) is 11.8 Å². The van der Waals surface area contributed by atoms with Gasteiger partial charge in [-0.05, 0) is 48.5 Å². The van der Waals surface area contributed by atoms with E-state index < -0.39 is 0 Å². The van der Waals surface area contributed by atoms with Crippen molar-refractivity contribution in [1.29, 1.82) is 5.26 Å².